The van der Waals surface area contributed by atoms with Crippen molar-refractivity contribution < 1.29 is 38.1 Å². The molecule has 4 rings (SSSR count). The van der Waals surface area contributed by atoms with Crippen LogP contribution in [0.1, 0.15) is 98.7 Å². The molecule has 0 radical (unpaired) electrons. The molecule has 0 amide bonds. The number of rotatable bonds is 5. The number of ketones is 1. The summed E-state index contributed by atoms with van der Waals surface area (Å²) >= 11 is 0. The van der Waals surface area contributed by atoms with Gasteiger partial charge in [-0.2, -0.15) is 0 Å². The molecular formula is C32H38O8. The maximum atomic E-state index is 13.6. The highest BCUT2D eigenvalue weighted by molar-refractivity contribution is 5.99. The summed E-state index contributed by atoms with van der Waals surface area (Å²) in [5, 5.41) is 0. The first-order valence-electron chi connectivity index (χ1n) is 13.9. The Morgan fingerprint density at radius 3 is 2.48 bits per heavy atom. The standard InChI is InChI=1S/C32H38O8/c1-19(2)38-26-16-21(14-15-25(26)36-4)24-18-28(34)40-27-17-22-11-7-6-8-12-23(33)13-9-10-20(3)39-32(35)29(22)31(37-5)30(24)27/h7,11,14-17,19-20,24H,6,8-10,12-13,18H2,1-5H3/t20-,24+/m0/s1. The summed E-state index contributed by atoms with van der Waals surface area (Å²) in [6.45, 7) is 5.68. The van der Waals surface area contributed by atoms with Crippen LogP contribution in [0, 0.1) is 0 Å². The molecular weight excluding hydrogens is 512 g/mol. The first kappa shape index (κ1) is 29.2. The summed E-state index contributed by atoms with van der Waals surface area (Å²) in [5.74, 6) is 0.644. The molecule has 0 aromatic heterocycles. The summed E-state index contributed by atoms with van der Waals surface area (Å²) in [6.07, 6.45) is 6.95. The Morgan fingerprint density at radius 2 is 1.75 bits per heavy atom. The molecule has 0 N–H and O–H groups in total. The molecule has 2 aromatic rings. The molecule has 2 heterocycles. The summed E-state index contributed by atoms with van der Waals surface area (Å²) in [6, 6.07) is 7.25. The molecule has 0 bridgehead atoms. The van der Waals surface area contributed by atoms with Crippen molar-refractivity contribution in [3.8, 4) is 23.0 Å². The van der Waals surface area contributed by atoms with Gasteiger partial charge in [0.15, 0.2) is 11.5 Å². The van der Waals surface area contributed by atoms with Crippen molar-refractivity contribution in [1.82, 2.24) is 0 Å². The van der Waals surface area contributed by atoms with Gasteiger partial charge >= 0.3 is 11.9 Å². The van der Waals surface area contributed by atoms with Crippen molar-refractivity contribution in [2.75, 3.05) is 14.2 Å². The number of allylic oxidation sites excluding steroid dienone is 1. The molecule has 0 unspecified atom stereocenters. The molecule has 0 aliphatic carbocycles. The molecule has 0 spiro atoms. The quantitative estimate of drug-likeness (QED) is 0.311. The Bertz CT molecular complexity index is 1290. The second kappa shape index (κ2) is 13.0. The average molecular weight is 551 g/mol. The van der Waals surface area contributed by atoms with Gasteiger partial charge in [0, 0.05) is 24.3 Å². The third-order valence-corrected chi connectivity index (χ3v) is 7.11. The molecule has 2 aliphatic heterocycles. The van der Waals surface area contributed by atoms with E-state index in [1.54, 1.807) is 19.3 Å². The van der Waals surface area contributed by atoms with E-state index in [0.717, 1.165) is 12.0 Å². The minimum absolute atomic E-state index is 0.0604. The lowest BCUT2D eigenvalue weighted by molar-refractivity contribution is -0.135. The molecule has 0 fully saturated rings. The van der Waals surface area contributed by atoms with Crippen molar-refractivity contribution in [3.63, 3.8) is 0 Å². The van der Waals surface area contributed by atoms with Crippen LogP contribution in [0.5, 0.6) is 23.0 Å². The van der Waals surface area contributed by atoms with Crippen LogP contribution < -0.4 is 18.9 Å². The van der Waals surface area contributed by atoms with E-state index in [1.807, 2.05) is 45.0 Å². The predicted molar refractivity (Wildman–Crippen MR) is 150 cm³/mol. The minimum Gasteiger partial charge on any atom is -0.495 e. The van der Waals surface area contributed by atoms with E-state index in [4.69, 9.17) is 23.7 Å². The number of benzene rings is 2. The van der Waals surface area contributed by atoms with Gasteiger partial charge in [0.1, 0.15) is 22.8 Å². The molecule has 0 saturated carbocycles. The number of carbonyl (C=O) groups is 3. The number of hydrogen-bond acceptors (Lipinski definition) is 8. The lowest BCUT2D eigenvalue weighted by atomic mass is 9.83. The van der Waals surface area contributed by atoms with Crippen LogP contribution in [-0.4, -0.2) is 44.1 Å². The number of fused-ring (bicyclic) bond motifs is 2. The number of cyclic esters (lactones) is 1. The molecule has 0 saturated heterocycles. The first-order chi connectivity index (χ1) is 19.2. The van der Waals surface area contributed by atoms with E-state index in [9.17, 15) is 14.4 Å². The van der Waals surface area contributed by atoms with E-state index in [2.05, 4.69) is 0 Å². The molecule has 2 aromatic carbocycles. The Morgan fingerprint density at radius 1 is 0.975 bits per heavy atom. The van der Waals surface area contributed by atoms with E-state index in [1.165, 1.54) is 7.11 Å². The van der Waals surface area contributed by atoms with Crippen LogP contribution in [0.25, 0.3) is 6.08 Å². The van der Waals surface area contributed by atoms with E-state index in [0.29, 0.717) is 66.2 Å². The summed E-state index contributed by atoms with van der Waals surface area (Å²) in [4.78, 5) is 38.6. The maximum Gasteiger partial charge on any atom is 0.342 e. The minimum atomic E-state index is -0.524. The van der Waals surface area contributed by atoms with Gasteiger partial charge in [0.2, 0.25) is 0 Å². The van der Waals surface area contributed by atoms with Gasteiger partial charge in [0.05, 0.1) is 32.8 Å². The number of Topliss-reactive ketones (excluding diaryl/α,β-unsaturated/α-hetero) is 1. The Balaban J connectivity index is 1.86. The third kappa shape index (κ3) is 6.66. The Kier molecular flexibility index (Phi) is 9.50. The highest BCUT2D eigenvalue weighted by atomic mass is 16.6. The normalized spacial score (nSPS) is 20.1. The van der Waals surface area contributed by atoms with Crippen LogP contribution in [0.3, 0.4) is 0 Å². The molecule has 40 heavy (non-hydrogen) atoms. The molecule has 214 valence electrons. The molecule has 2 atom stereocenters. The fourth-order valence-electron chi connectivity index (χ4n) is 5.25. The molecule has 8 nitrogen and oxygen atoms in total. The topological polar surface area (TPSA) is 97.4 Å². The second-order valence-electron chi connectivity index (χ2n) is 10.5. The fraction of sp³-hybridized carbons (Fsp3) is 0.469. The average Bonchev–Trinajstić information content (AvgIpc) is 2.90. The summed E-state index contributed by atoms with van der Waals surface area (Å²) in [5.41, 5.74) is 2.22. The van der Waals surface area contributed by atoms with Gasteiger partial charge in [-0.05, 0) is 75.8 Å². The van der Waals surface area contributed by atoms with Crippen molar-refractivity contribution in [1.29, 1.82) is 0 Å². The van der Waals surface area contributed by atoms with Gasteiger partial charge in [-0.15, -0.1) is 0 Å². The first-order valence-corrected chi connectivity index (χ1v) is 13.9. The van der Waals surface area contributed by atoms with Crippen LogP contribution in [0.4, 0.5) is 0 Å². The zero-order valence-corrected chi connectivity index (χ0v) is 23.9. The molecule has 8 heteroatoms. The van der Waals surface area contributed by atoms with Crippen LogP contribution in [-0.2, 0) is 14.3 Å². The summed E-state index contributed by atoms with van der Waals surface area (Å²) < 4.78 is 28.9. The maximum absolute atomic E-state index is 13.6. The number of hydrogen-bond donors (Lipinski definition) is 0. The zero-order valence-electron chi connectivity index (χ0n) is 23.9. The Labute approximate surface area is 235 Å². The van der Waals surface area contributed by atoms with Crippen molar-refractivity contribution >= 4 is 23.8 Å². The SMILES string of the molecule is COc1ccc([C@H]2CC(=O)Oc3cc4c(c(OC)c32)C(=O)O[C@@H](C)CCCC(=O)CCCC=C4)cc1OC(C)C. The number of ether oxygens (including phenoxy) is 5. The largest absolute Gasteiger partial charge is 0.495 e. The van der Waals surface area contributed by atoms with E-state index < -0.39 is 11.9 Å². The zero-order chi connectivity index (χ0) is 28.8. The van der Waals surface area contributed by atoms with Gasteiger partial charge in [-0.1, -0.05) is 18.2 Å². The fourth-order valence-corrected chi connectivity index (χ4v) is 5.25. The number of carbonyl (C=O) groups excluding carboxylic acids is 3. The smallest absolute Gasteiger partial charge is 0.342 e. The Hall–Kier alpha value is -3.81. The van der Waals surface area contributed by atoms with Gasteiger partial charge in [-0.3, -0.25) is 9.59 Å². The number of esters is 2. The molecule has 2 aliphatic rings. The van der Waals surface area contributed by atoms with Gasteiger partial charge in [0.25, 0.3) is 0 Å². The lowest BCUT2D eigenvalue weighted by Gasteiger charge is -2.29. The number of methoxy groups -OCH3 is 2. The highest BCUT2D eigenvalue weighted by Crippen LogP contribution is 2.48. The van der Waals surface area contributed by atoms with Crippen LogP contribution >= 0.6 is 0 Å². The predicted octanol–water partition coefficient (Wildman–Crippen LogP) is 6.41. The second-order valence-corrected chi connectivity index (χ2v) is 10.5. The third-order valence-electron chi connectivity index (χ3n) is 7.11. The monoisotopic (exact) mass is 550 g/mol. The lowest BCUT2D eigenvalue weighted by Crippen LogP contribution is -2.24. The van der Waals surface area contributed by atoms with Crippen LogP contribution in [0.15, 0.2) is 30.3 Å². The van der Waals surface area contributed by atoms with Gasteiger partial charge < -0.3 is 23.7 Å². The van der Waals surface area contributed by atoms with Crippen molar-refractivity contribution in [3.05, 3.63) is 52.6 Å². The van der Waals surface area contributed by atoms with Crippen LogP contribution in [0.2, 0.25) is 0 Å². The van der Waals surface area contributed by atoms with E-state index in [-0.39, 0.29) is 35.9 Å². The summed E-state index contributed by atoms with van der Waals surface area (Å²) in [7, 11) is 3.08. The highest BCUT2D eigenvalue weighted by Gasteiger charge is 2.36. The van der Waals surface area contributed by atoms with Crippen molar-refractivity contribution in [2.45, 2.75) is 83.8 Å². The van der Waals surface area contributed by atoms with Gasteiger partial charge in [-0.25, -0.2) is 4.79 Å². The van der Waals surface area contributed by atoms with Crippen molar-refractivity contribution in [2.24, 2.45) is 0 Å². The van der Waals surface area contributed by atoms with E-state index >= 15 is 0 Å².